The molecule has 0 aromatic heterocycles. The fourth-order valence-corrected chi connectivity index (χ4v) is 4.02. The molecule has 0 N–H and O–H groups in total. The standard InChI is InChI=1S/C23H25BrO3/c1-5-15(2)22(25)26-14-27-23(3,4)20-11-10-18-12-16-8-6-7-9-17(16)13-19(18)21(20)24/h6-13,15H,5,14H2,1-4H3. The van der Waals surface area contributed by atoms with Gasteiger partial charge in [0.1, 0.15) is 0 Å². The first-order chi connectivity index (χ1) is 12.8. The normalized spacial score (nSPS) is 13.1. The molecule has 4 heteroatoms. The van der Waals surface area contributed by atoms with Gasteiger partial charge in [0.2, 0.25) is 0 Å². The second-order valence-corrected chi connectivity index (χ2v) is 8.19. The first-order valence-electron chi connectivity index (χ1n) is 9.25. The fourth-order valence-electron chi connectivity index (χ4n) is 3.06. The molecular weight excluding hydrogens is 404 g/mol. The molecule has 0 spiro atoms. The first-order valence-corrected chi connectivity index (χ1v) is 10.0. The highest BCUT2D eigenvalue weighted by Gasteiger charge is 2.26. The van der Waals surface area contributed by atoms with E-state index in [1.165, 1.54) is 16.2 Å². The third-order valence-electron chi connectivity index (χ3n) is 5.10. The molecule has 0 aliphatic rings. The number of fused-ring (bicyclic) bond motifs is 2. The van der Waals surface area contributed by atoms with Crippen molar-refractivity contribution in [2.24, 2.45) is 5.92 Å². The van der Waals surface area contributed by atoms with Crippen LogP contribution in [0.2, 0.25) is 0 Å². The Bertz CT molecular complexity index is 978. The third kappa shape index (κ3) is 4.17. The number of carbonyl (C=O) groups is 1. The summed E-state index contributed by atoms with van der Waals surface area (Å²) in [5, 5.41) is 4.73. The molecule has 3 nitrogen and oxygen atoms in total. The van der Waals surface area contributed by atoms with Crippen LogP contribution in [0.1, 0.15) is 39.7 Å². The lowest BCUT2D eigenvalue weighted by atomic mass is 9.94. The van der Waals surface area contributed by atoms with Crippen LogP contribution in [0.15, 0.2) is 53.0 Å². The van der Waals surface area contributed by atoms with E-state index in [9.17, 15) is 4.79 Å². The molecule has 3 aromatic carbocycles. The topological polar surface area (TPSA) is 35.5 Å². The highest BCUT2D eigenvalue weighted by atomic mass is 79.9. The average molecular weight is 429 g/mol. The summed E-state index contributed by atoms with van der Waals surface area (Å²) in [5.74, 6) is -0.338. The van der Waals surface area contributed by atoms with Gasteiger partial charge in [0.25, 0.3) is 0 Å². The molecule has 0 aliphatic carbocycles. The van der Waals surface area contributed by atoms with E-state index in [4.69, 9.17) is 9.47 Å². The van der Waals surface area contributed by atoms with Crippen LogP contribution in [0.25, 0.3) is 21.5 Å². The van der Waals surface area contributed by atoms with E-state index in [1.54, 1.807) is 0 Å². The molecule has 0 saturated carbocycles. The lowest BCUT2D eigenvalue weighted by Gasteiger charge is -2.27. The van der Waals surface area contributed by atoms with E-state index < -0.39 is 5.60 Å². The van der Waals surface area contributed by atoms with Crippen LogP contribution in [0.5, 0.6) is 0 Å². The maximum absolute atomic E-state index is 11.9. The van der Waals surface area contributed by atoms with Crippen LogP contribution < -0.4 is 0 Å². The summed E-state index contributed by atoms with van der Waals surface area (Å²) < 4.78 is 12.2. The summed E-state index contributed by atoms with van der Waals surface area (Å²) >= 11 is 3.77. The van der Waals surface area contributed by atoms with Crippen molar-refractivity contribution >= 4 is 43.4 Å². The van der Waals surface area contributed by atoms with E-state index in [0.29, 0.717) is 0 Å². The summed E-state index contributed by atoms with van der Waals surface area (Å²) in [6.45, 7) is 7.73. The molecule has 1 unspecified atom stereocenters. The Hall–Kier alpha value is -1.91. The third-order valence-corrected chi connectivity index (χ3v) is 5.96. The molecule has 0 heterocycles. The first kappa shape index (κ1) is 19.8. The summed E-state index contributed by atoms with van der Waals surface area (Å²) in [6.07, 6.45) is 0.756. The van der Waals surface area contributed by atoms with Crippen molar-refractivity contribution in [3.8, 4) is 0 Å². The Balaban J connectivity index is 1.87. The van der Waals surface area contributed by atoms with Gasteiger partial charge in [-0.25, -0.2) is 0 Å². The smallest absolute Gasteiger partial charge is 0.310 e. The quantitative estimate of drug-likeness (QED) is 0.253. The molecule has 3 aromatic rings. The van der Waals surface area contributed by atoms with Gasteiger partial charge in [-0.2, -0.15) is 0 Å². The van der Waals surface area contributed by atoms with Crippen LogP contribution in [0.3, 0.4) is 0 Å². The van der Waals surface area contributed by atoms with Crippen LogP contribution in [-0.4, -0.2) is 12.8 Å². The Morgan fingerprint density at radius 2 is 1.74 bits per heavy atom. The zero-order valence-corrected chi connectivity index (χ0v) is 17.8. The van der Waals surface area contributed by atoms with Crippen molar-refractivity contribution in [3.05, 3.63) is 58.6 Å². The molecule has 0 aliphatic heterocycles. The van der Waals surface area contributed by atoms with E-state index in [1.807, 2.05) is 33.8 Å². The molecule has 3 rings (SSSR count). The largest absolute Gasteiger partial charge is 0.438 e. The monoisotopic (exact) mass is 428 g/mol. The van der Waals surface area contributed by atoms with Gasteiger partial charge in [-0.15, -0.1) is 0 Å². The van der Waals surface area contributed by atoms with Crippen LogP contribution in [0.4, 0.5) is 0 Å². The molecule has 142 valence electrons. The van der Waals surface area contributed by atoms with E-state index in [2.05, 4.69) is 58.4 Å². The zero-order chi connectivity index (χ0) is 19.6. The van der Waals surface area contributed by atoms with Crippen LogP contribution in [0, 0.1) is 5.92 Å². The van der Waals surface area contributed by atoms with Gasteiger partial charge >= 0.3 is 5.97 Å². The van der Waals surface area contributed by atoms with Gasteiger partial charge in [-0.3, -0.25) is 4.79 Å². The van der Waals surface area contributed by atoms with Gasteiger partial charge in [0.15, 0.2) is 6.79 Å². The minimum Gasteiger partial charge on any atom is -0.438 e. The average Bonchev–Trinajstić information content (AvgIpc) is 2.65. The van der Waals surface area contributed by atoms with Gasteiger partial charge < -0.3 is 9.47 Å². The maximum Gasteiger partial charge on any atom is 0.310 e. The second kappa shape index (κ2) is 7.99. The summed E-state index contributed by atoms with van der Waals surface area (Å²) in [6, 6.07) is 16.9. The SMILES string of the molecule is CCC(C)C(=O)OCOC(C)(C)c1ccc2cc3ccccc3cc2c1Br. The van der Waals surface area contributed by atoms with Gasteiger partial charge in [-0.05, 0) is 75.4 Å². The lowest BCUT2D eigenvalue weighted by Crippen LogP contribution is -2.26. The van der Waals surface area contributed by atoms with Crippen molar-refractivity contribution in [2.45, 2.75) is 39.7 Å². The number of carbonyl (C=O) groups excluding carboxylic acids is 1. The van der Waals surface area contributed by atoms with Crippen LogP contribution >= 0.6 is 15.9 Å². The van der Waals surface area contributed by atoms with Gasteiger partial charge in [0.05, 0.1) is 11.5 Å². The summed E-state index contributed by atoms with van der Waals surface area (Å²) in [7, 11) is 0. The molecule has 27 heavy (non-hydrogen) atoms. The zero-order valence-electron chi connectivity index (χ0n) is 16.2. The minimum absolute atomic E-state index is 0.0572. The summed E-state index contributed by atoms with van der Waals surface area (Å²) in [4.78, 5) is 11.9. The van der Waals surface area contributed by atoms with Crippen molar-refractivity contribution < 1.29 is 14.3 Å². The molecule has 0 bridgehead atoms. The van der Waals surface area contributed by atoms with E-state index in [0.717, 1.165) is 21.8 Å². The number of hydrogen-bond acceptors (Lipinski definition) is 3. The maximum atomic E-state index is 11.9. The minimum atomic E-state index is -0.603. The second-order valence-electron chi connectivity index (χ2n) is 7.39. The molecular formula is C23H25BrO3. The lowest BCUT2D eigenvalue weighted by molar-refractivity contribution is -0.174. The van der Waals surface area contributed by atoms with Crippen LogP contribution in [-0.2, 0) is 19.9 Å². The van der Waals surface area contributed by atoms with E-state index in [-0.39, 0.29) is 18.7 Å². The Kier molecular flexibility index (Phi) is 5.87. The molecule has 0 fully saturated rings. The molecule has 1 atom stereocenters. The number of rotatable bonds is 6. The molecule has 0 amide bonds. The van der Waals surface area contributed by atoms with Crippen molar-refractivity contribution in [1.29, 1.82) is 0 Å². The highest BCUT2D eigenvalue weighted by molar-refractivity contribution is 9.10. The predicted octanol–water partition coefficient (Wildman–Crippen LogP) is 6.55. The Morgan fingerprint density at radius 1 is 1.07 bits per heavy atom. The number of halogens is 1. The van der Waals surface area contributed by atoms with Gasteiger partial charge in [0, 0.05) is 4.47 Å². The number of hydrogen-bond donors (Lipinski definition) is 0. The fraction of sp³-hybridized carbons (Fsp3) is 0.348. The number of esters is 1. The molecule has 0 saturated heterocycles. The van der Waals surface area contributed by atoms with Crippen molar-refractivity contribution in [3.63, 3.8) is 0 Å². The molecule has 0 radical (unpaired) electrons. The number of benzene rings is 3. The Morgan fingerprint density at radius 3 is 2.41 bits per heavy atom. The predicted molar refractivity (Wildman–Crippen MR) is 114 cm³/mol. The highest BCUT2D eigenvalue weighted by Crippen LogP contribution is 2.37. The van der Waals surface area contributed by atoms with Crippen molar-refractivity contribution in [2.75, 3.05) is 6.79 Å². The Labute approximate surface area is 168 Å². The van der Waals surface area contributed by atoms with E-state index >= 15 is 0 Å². The van der Waals surface area contributed by atoms with Crippen molar-refractivity contribution in [1.82, 2.24) is 0 Å². The van der Waals surface area contributed by atoms with Gasteiger partial charge in [-0.1, -0.05) is 50.2 Å². The number of ether oxygens (including phenoxy) is 2. The summed E-state index contributed by atoms with van der Waals surface area (Å²) in [5.41, 5.74) is 0.416.